The van der Waals surface area contributed by atoms with Crippen molar-refractivity contribution in [1.29, 1.82) is 0 Å². The molecule has 0 aromatic heterocycles. The second-order valence-corrected chi connectivity index (χ2v) is 7.69. The van der Waals surface area contributed by atoms with Gasteiger partial charge in [-0.2, -0.15) is 0 Å². The topological polar surface area (TPSA) is 57.5 Å². The molecule has 0 atom stereocenters. The molecule has 0 amide bonds. The van der Waals surface area contributed by atoms with Crippen LogP contribution in [-0.4, -0.2) is 16.2 Å². The SMILES string of the molecule is O=C(O)CCc1cc(C2CCCCC2)c(O)c(C2CCCCC2)c1. The first-order valence-electron chi connectivity index (χ1n) is 9.72. The number of rotatable bonds is 5. The molecule has 0 heterocycles. The summed E-state index contributed by atoms with van der Waals surface area (Å²) >= 11 is 0. The maximum Gasteiger partial charge on any atom is 0.303 e. The fraction of sp³-hybridized carbons (Fsp3) is 0.667. The average Bonchev–Trinajstić information content (AvgIpc) is 2.62. The lowest BCUT2D eigenvalue weighted by Crippen LogP contribution is -2.10. The zero-order chi connectivity index (χ0) is 16.9. The van der Waals surface area contributed by atoms with Gasteiger partial charge in [0, 0.05) is 6.42 Å². The van der Waals surface area contributed by atoms with Crippen molar-refractivity contribution < 1.29 is 15.0 Å². The fourth-order valence-electron chi connectivity index (χ4n) is 4.59. The van der Waals surface area contributed by atoms with Crippen molar-refractivity contribution in [2.24, 2.45) is 0 Å². The van der Waals surface area contributed by atoms with Gasteiger partial charge in [-0.3, -0.25) is 4.79 Å². The van der Waals surface area contributed by atoms with Gasteiger partial charge in [0.15, 0.2) is 0 Å². The molecule has 1 aromatic carbocycles. The Balaban J connectivity index is 1.92. The van der Waals surface area contributed by atoms with Crippen LogP contribution in [0.15, 0.2) is 12.1 Å². The lowest BCUT2D eigenvalue weighted by Gasteiger charge is -2.28. The first-order chi connectivity index (χ1) is 11.6. The quantitative estimate of drug-likeness (QED) is 0.749. The predicted molar refractivity (Wildman–Crippen MR) is 95.7 cm³/mol. The van der Waals surface area contributed by atoms with Gasteiger partial charge in [-0.15, -0.1) is 0 Å². The van der Waals surface area contributed by atoms with Crippen LogP contribution >= 0.6 is 0 Å². The van der Waals surface area contributed by atoms with E-state index in [9.17, 15) is 9.90 Å². The molecule has 2 N–H and O–H groups in total. The number of phenols is 1. The summed E-state index contributed by atoms with van der Waals surface area (Å²) in [4.78, 5) is 11.0. The number of aryl methyl sites for hydroxylation is 1. The lowest BCUT2D eigenvalue weighted by atomic mass is 9.78. The van der Waals surface area contributed by atoms with Gasteiger partial charge in [-0.05, 0) is 60.6 Å². The molecular formula is C21H30O3. The third-order valence-corrected chi connectivity index (χ3v) is 5.95. The number of carbonyl (C=O) groups is 1. The Bertz CT molecular complexity index is 527. The summed E-state index contributed by atoms with van der Waals surface area (Å²) in [5, 5.41) is 20.0. The molecule has 1 aromatic rings. The lowest BCUT2D eigenvalue weighted by molar-refractivity contribution is -0.136. The Labute approximate surface area is 145 Å². The molecule has 0 spiro atoms. The number of hydrogen-bond acceptors (Lipinski definition) is 2. The highest BCUT2D eigenvalue weighted by Gasteiger charge is 2.25. The third-order valence-electron chi connectivity index (χ3n) is 5.95. The molecule has 0 aliphatic heterocycles. The first-order valence-corrected chi connectivity index (χ1v) is 9.72. The molecule has 132 valence electrons. The molecule has 2 aliphatic carbocycles. The van der Waals surface area contributed by atoms with Crippen molar-refractivity contribution >= 4 is 5.97 Å². The Morgan fingerprint density at radius 1 is 0.875 bits per heavy atom. The Kier molecular flexibility index (Phi) is 5.80. The van der Waals surface area contributed by atoms with Gasteiger partial charge in [0.1, 0.15) is 5.75 Å². The Morgan fingerprint density at radius 2 is 1.33 bits per heavy atom. The highest BCUT2D eigenvalue weighted by Crippen LogP contribution is 2.44. The van der Waals surface area contributed by atoms with Crippen molar-refractivity contribution in [2.45, 2.75) is 88.9 Å². The van der Waals surface area contributed by atoms with E-state index in [2.05, 4.69) is 12.1 Å². The van der Waals surface area contributed by atoms with Gasteiger partial charge >= 0.3 is 5.97 Å². The molecular weight excluding hydrogens is 300 g/mol. The minimum absolute atomic E-state index is 0.166. The Morgan fingerprint density at radius 3 is 1.75 bits per heavy atom. The van der Waals surface area contributed by atoms with Gasteiger partial charge in [0.05, 0.1) is 0 Å². The molecule has 2 aliphatic rings. The molecule has 0 radical (unpaired) electrons. The molecule has 0 saturated heterocycles. The van der Waals surface area contributed by atoms with E-state index in [0.717, 1.165) is 42.4 Å². The summed E-state index contributed by atoms with van der Waals surface area (Å²) in [5.41, 5.74) is 3.28. The van der Waals surface area contributed by atoms with Gasteiger partial charge in [-0.1, -0.05) is 50.7 Å². The zero-order valence-electron chi connectivity index (χ0n) is 14.6. The maximum atomic E-state index is 11.0. The van der Waals surface area contributed by atoms with Crippen LogP contribution in [0.1, 0.15) is 99.2 Å². The van der Waals surface area contributed by atoms with Crippen molar-refractivity contribution in [3.05, 3.63) is 28.8 Å². The van der Waals surface area contributed by atoms with E-state index in [-0.39, 0.29) is 6.42 Å². The van der Waals surface area contributed by atoms with Crippen LogP contribution in [0.2, 0.25) is 0 Å². The summed E-state index contributed by atoms with van der Waals surface area (Å²) < 4.78 is 0. The number of aliphatic carboxylic acids is 1. The van der Waals surface area contributed by atoms with Gasteiger partial charge < -0.3 is 10.2 Å². The van der Waals surface area contributed by atoms with E-state index in [0.29, 0.717) is 24.0 Å². The van der Waals surface area contributed by atoms with E-state index < -0.39 is 5.97 Å². The average molecular weight is 330 g/mol. The Hall–Kier alpha value is -1.51. The first kappa shape index (κ1) is 17.3. The molecule has 0 unspecified atom stereocenters. The van der Waals surface area contributed by atoms with Crippen LogP contribution in [0.5, 0.6) is 5.75 Å². The molecule has 3 heteroatoms. The molecule has 2 saturated carbocycles. The predicted octanol–water partition coefficient (Wildman–Crippen LogP) is 5.50. The standard InChI is InChI=1S/C21H30O3/c22-20(23)12-11-15-13-18(16-7-3-1-4-8-16)21(24)19(14-15)17-9-5-2-6-10-17/h13-14,16-17,24H,1-12H2,(H,22,23). The monoisotopic (exact) mass is 330 g/mol. The smallest absolute Gasteiger partial charge is 0.303 e. The number of benzene rings is 1. The largest absolute Gasteiger partial charge is 0.507 e. The highest BCUT2D eigenvalue weighted by molar-refractivity contribution is 5.67. The number of aromatic hydroxyl groups is 1. The number of carboxylic acids is 1. The van der Waals surface area contributed by atoms with Crippen molar-refractivity contribution in [1.82, 2.24) is 0 Å². The summed E-state index contributed by atoms with van der Waals surface area (Å²) in [5.74, 6) is 0.672. The number of hydrogen-bond donors (Lipinski definition) is 2. The van der Waals surface area contributed by atoms with Gasteiger partial charge in [-0.25, -0.2) is 0 Å². The summed E-state index contributed by atoms with van der Waals surface area (Å²) in [6.45, 7) is 0. The molecule has 0 bridgehead atoms. The molecule has 2 fully saturated rings. The minimum atomic E-state index is -0.749. The van der Waals surface area contributed by atoms with Crippen molar-refractivity contribution in [2.75, 3.05) is 0 Å². The minimum Gasteiger partial charge on any atom is -0.507 e. The van der Waals surface area contributed by atoms with E-state index in [1.165, 1.54) is 38.5 Å². The summed E-state index contributed by atoms with van der Waals surface area (Å²) in [6, 6.07) is 4.20. The highest BCUT2D eigenvalue weighted by atomic mass is 16.4. The van der Waals surface area contributed by atoms with E-state index >= 15 is 0 Å². The maximum absolute atomic E-state index is 11.0. The van der Waals surface area contributed by atoms with Crippen LogP contribution in [0.3, 0.4) is 0 Å². The summed E-state index contributed by atoms with van der Waals surface area (Å²) in [7, 11) is 0. The normalized spacial score (nSPS) is 20.2. The second kappa shape index (κ2) is 8.04. The van der Waals surface area contributed by atoms with Gasteiger partial charge in [0.25, 0.3) is 0 Å². The fourth-order valence-corrected chi connectivity index (χ4v) is 4.59. The van der Waals surface area contributed by atoms with Crippen molar-refractivity contribution in [3.8, 4) is 5.75 Å². The van der Waals surface area contributed by atoms with Crippen LogP contribution in [0.25, 0.3) is 0 Å². The van der Waals surface area contributed by atoms with Crippen LogP contribution in [-0.2, 0) is 11.2 Å². The van der Waals surface area contributed by atoms with Crippen LogP contribution in [0.4, 0.5) is 0 Å². The van der Waals surface area contributed by atoms with E-state index in [1.54, 1.807) is 0 Å². The summed E-state index contributed by atoms with van der Waals surface area (Å²) in [6.07, 6.45) is 12.9. The zero-order valence-corrected chi connectivity index (χ0v) is 14.6. The van der Waals surface area contributed by atoms with Crippen LogP contribution in [0, 0.1) is 0 Å². The number of carboxylic acid groups (broad SMARTS) is 1. The van der Waals surface area contributed by atoms with Gasteiger partial charge in [0.2, 0.25) is 0 Å². The van der Waals surface area contributed by atoms with Crippen LogP contribution < -0.4 is 0 Å². The molecule has 3 nitrogen and oxygen atoms in total. The molecule has 24 heavy (non-hydrogen) atoms. The third kappa shape index (κ3) is 4.12. The number of phenolic OH excluding ortho intramolecular Hbond substituents is 1. The van der Waals surface area contributed by atoms with E-state index in [4.69, 9.17) is 5.11 Å². The van der Waals surface area contributed by atoms with E-state index in [1.807, 2.05) is 0 Å². The second-order valence-electron chi connectivity index (χ2n) is 7.69. The van der Waals surface area contributed by atoms with Crippen molar-refractivity contribution in [3.63, 3.8) is 0 Å². The molecule has 3 rings (SSSR count).